The van der Waals surface area contributed by atoms with Crippen LogP contribution in [0.3, 0.4) is 0 Å². The largest absolute Gasteiger partial charge is 0.444 e. The zero-order valence-electron chi connectivity index (χ0n) is 15.0. The van der Waals surface area contributed by atoms with Crippen molar-refractivity contribution in [3.8, 4) is 0 Å². The molecule has 0 rings (SSSR count). The van der Waals surface area contributed by atoms with Gasteiger partial charge < -0.3 is 19.6 Å². The Morgan fingerprint density at radius 2 is 1.67 bits per heavy atom. The van der Waals surface area contributed by atoms with E-state index in [2.05, 4.69) is 39.2 Å². The van der Waals surface area contributed by atoms with Crippen LogP contribution in [0.2, 0.25) is 18.1 Å². The van der Waals surface area contributed by atoms with Crippen LogP contribution < -0.4 is 5.32 Å². The van der Waals surface area contributed by atoms with E-state index in [0.717, 1.165) is 0 Å². The van der Waals surface area contributed by atoms with Gasteiger partial charge in [0.25, 0.3) is 0 Å². The molecular formula is C15H33NO4Si. The Bertz CT molecular complexity index is 345. The molecule has 5 nitrogen and oxygen atoms in total. The Morgan fingerprint density at radius 3 is 2.05 bits per heavy atom. The minimum Gasteiger partial charge on any atom is -0.444 e. The molecule has 0 radical (unpaired) electrons. The predicted molar refractivity (Wildman–Crippen MR) is 88.0 cm³/mol. The molecule has 0 saturated heterocycles. The van der Waals surface area contributed by atoms with Crippen LogP contribution >= 0.6 is 0 Å². The van der Waals surface area contributed by atoms with Gasteiger partial charge in [0.05, 0.1) is 18.8 Å². The van der Waals surface area contributed by atoms with Crippen LogP contribution in [0, 0.1) is 0 Å². The van der Waals surface area contributed by atoms with Gasteiger partial charge in [-0.15, -0.1) is 0 Å². The molecule has 0 aliphatic rings. The van der Waals surface area contributed by atoms with Gasteiger partial charge in [-0.2, -0.15) is 0 Å². The molecule has 126 valence electrons. The number of rotatable bonds is 5. The van der Waals surface area contributed by atoms with Crippen molar-refractivity contribution >= 4 is 14.4 Å². The van der Waals surface area contributed by atoms with Crippen molar-refractivity contribution in [2.24, 2.45) is 0 Å². The van der Waals surface area contributed by atoms with Crippen molar-refractivity contribution in [2.45, 2.75) is 84.3 Å². The molecule has 6 heteroatoms. The number of aliphatic hydroxyl groups is 1. The van der Waals surface area contributed by atoms with Crippen LogP contribution in [0.5, 0.6) is 0 Å². The van der Waals surface area contributed by atoms with Gasteiger partial charge in [-0.25, -0.2) is 4.79 Å². The van der Waals surface area contributed by atoms with Gasteiger partial charge in [0.2, 0.25) is 0 Å². The summed E-state index contributed by atoms with van der Waals surface area (Å²) in [4.78, 5) is 11.7. The second kappa shape index (κ2) is 7.11. The van der Waals surface area contributed by atoms with E-state index in [-0.39, 0.29) is 11.6 Å². The smallest absolute Gasteiger partial charge is 0.407 e. The minimum absolute atomic E-state index is 0.0918. The van der Waals surface area contributed by atoms with Crippen molar-refractivity contribution in [3.05, 3.63) is 0 Å². The fourth-order valence-electron chi connectivity index (χ4n) is 1.24. The monoisotopic (exact) mass is 319 g/mol. The van der Waals surface area contributed by atoms with Crippen LogP contribution in [0.4, 0.5) is 4.79 Å². The van der Waals surface area contributed by atoms with Crippen LogP contribution in [-0.2, 0) is 9.16 Å². The second-order valence-electron chi connectivity index (χ2n) is 8.07. The molecule has 2 N–H and O–H groups in total. The average molecular weight is 320 g/mol. The van der Waals surface area contributed by atoms with E-state index in [1.54, 1.807) is 27.7 Å². The van der Waals surface area contributed by atoms with Crippen LogP contribution in [0.1, 0.15) is 48.5 Å². The maximum absolute atomic E-state index is 11.7. The SMILES string of the molecule is C[C@H](NC(=O)OC(C)(C)C)[C@H](O)CO[Si](C)(C)C(C)(C)C. The van der Waals surface area contributed by atoms with Gasteiger partial charge in [-0.1, -0.05) is 20.8 Å². The summed E-state index contributed by atoms with van der Waals surface area (Å²) in [5.41, 5.74) is -0.549. The number of aliphatic hydroxyl groups excluding tert-OH is 1. The third-order valence-electron chi connectivity index (χ3n) is 3.74. The molecular weight excluding hydrogens is 286 g/mol. The first-order chi connectivity index (χ1) is 9.16. The molecule has 0 aromatic heterocycles. The second-order valence-corrected chi connectivity index (χ2v) is 12.9. The standard InChI is InChI=1S/C15H33NO4Si/c1-11(16-13(18)20-14(2,3)4)12(17)10-19-21(8,9)15(5,6)7/h11-12,17H,10H2,1-9H3,(H,16,18)/t11-,12+/m0/s1. The molecule has 0 unspecified atom stereocenters. The molecule has 0 saturated carbocycles. The van der Waals surface area contributed by atoms with E-state index in [1.165, 1.54) is 0 Å². The summed E-state index contributed by atoms with van der Waals surface area (Å²) < 4.78 is 11.1. The first kappa shape index (κ1) is 20.4. The Kier molecular flexibility index (Phi) is 6.91. The predicted octanol–water partition coefficient (Wildman–Crippen LogP) is 3.28. The van der Waals surface area contributed by atoms with Crippen molar-refractivity contribution < 1.29 is 19.1 Å². The Morgan fingerprint density at radius 1 is 1.19 bits per heavy atom. The molecule has 0 fully saturated rings. The number of nitrogens with one attached hydrogen (secondary N) is 1. The normalized spacial score (nSPS) is 16.3. The Labute approximate surface area is 130 Å². The summed E-state index contributed by atoms with van der Waals surface area (Å²) in [7, 11) is -1.90. The molecule has 1 amide bonds. The third-order valence-corrected chi connectivity index (χ3v) is 8.24. The van der Waals surface area contributed by atoms with Gasteiger partial charge in [-0.05, 0) is 45.8 Å². The quantitative estimate of drug-likeness (QED) is 0.763. The van der Waals surface area contributed by atoms with Gasteiger partial charge in [-0.3, -0.25) is 0 Å². The maximum atomic E-state index is 11.7. The van der Waals surface area contributed by atoms with E-state index in [1.807, 2.05) is 0 Å². The zero-order chi connectivity index (χ0) is 17.1. The zero-order valence-corrected chi connectivity index (χ0v) is 16.0. The maximum Gasteiger partial charge on any atom is 0.407 e. The Balaban J connectivity index is 4.35. The number of ether oxygens (including phenoxy) is 1. The lowest BCUT2D eigenvalue weighted by atomic mass is 10.2. The van der Waals surface area contributed by atoms with Crippen LogP contribution in [-0.4, -0.2) is 43.9 Å². The van der Waals surface area contributed by atoms with E-state index in [0.29, 0.717) is 0 Å². The molecule has 0 spiro atoms. The van der Waals surface area contributed by atoms with E-state index >= 15 is 0 Å². The lowest BCUT2D eigenvalue weighted by molar-refractivity contribution is 0.0359. The van der Waals surface area contributed by atoms with Gasteiger partial charge >= 0.3 is 6.09 Å². The summed E-state index contributed by atoms with van der Waals surface area (Å²) in [6, 6.07) is -0.426. The number of hydrogen-bond acceptors (Lipinski definition) is 4. The highest BCUT2D eigenvalue weighted by Crippen LogP contribution is 2.36. The van der Waals surface area contributed by atoms with Crippen molar-refractivity contribution in [2.75, 3.05) is 6.61 Å². The van der Waals surface area contributed by atoms with Gasteiger partial charge in [0.15, 0.2) is 8.32 Å². The van der Waals surface area contributed by atoms with E-state index < -0.39 is 32.2 Å². The summed E-state index contributed by atoms with van der Waals surface area (Å²) in [6.07, 6.45) is -1.28. The topological polar surface area (TPSA) is 67.8 Å². The van der Waals surface area contributed by atoms with Gasteiger partial charge in [0, 0.05) is 0 Å². The number of amides is 1. The first-order valence-electron chi connectivity index (χ1n) is 7.47. The lowest BCUT2D eigenvalue weighted by Crippen LogP contribution is -2.48. The van der Waals surface area contributed by atoms with E-state index in [4.69, 9.17) is 9.16 Å². The molecule has 21 heavy (non-hydrogen) atoms. The van der Waals surface area contributed by atoms with Crippen LogP contribution in [0.15, 0.2) is 0 Å². The highest BCUT2D eigenvalue weighted by molar-refractivity contribution is 6.74. The van der Waals surface area contributed by atoms with Crippen molar-refractivity contribution in [1.82, 2.24) is 5.32 Å². The molecule has 0 aliphatic heterocycles. The number of carbonyl (C=O) groups excluding carboxylic acids is 1. The molecule has 2 atom stereocenters. The highest BCUT2D eigenvalue weighted by atomic mass is 28.4. The first-order valence-corrected chi connectivity index (χ1v) is 10.4. The van der Waals surface area contributed by atoms with Gasteiger partial charge in [0.1, 0.15) is 5.60 Å². The van der Waals surface area contributed by atoms with Crippen molar-refractivity contribution in [1.29, 1.82) is 0 Å². The highest BCUT2D eigenvalue weighted by Gasteiger charge is 2.38. The number of carbonyl (C=O) groups is 1. The van der Waals surface area contributed by atoms with E-state index in [9.17, 15) is 9.90 Å². The lowest BCUT2D eigenvalue weighted by Gasteiger charge is -2.37. The molecule has 0 aliphatic carbocycles. The minimum atomic E-state index is -1.90. The Hall–Kier alpha value is -0.593. The fourth-order valence-corrected chi connectivity index (χ4v) is 2.26. The molecule has 0 heterocycles. The fraction of sp³-hybridized carbons (Fsp3) is 0.933. The average Bonchev–Trinajstić information content (AvgIpc) is 2.21. The number of hydrogen-bond donors (Lipinski definition) is 2. The molecule has 0 aromatic carbocycles. The third kappa shape index (κ3) is 7.83. The van der Waals surface area contributed by atoms with Crippen molar-refractivity contribution in [3.63, 3.8) is 0 Å². The van der Waals surface area contributed by atoms with Crippen LogP contribution in [0.25, 0.3) is 0 Å². The number of alkyl carbamates (subject to hydrolysis) is 1. The summed E-state index contributed by atoms with van der Waals surface area (Å²) in [6.45, 7) is 18.1. The summed E-state index contributed by atoms with van der Waals surface area (Å²) >= 11 is 0. The summed E-state index contributed by atoms with van der Waals surface area (Å²) in [5.74, 6) is 0. The summed E-state index contributed by atoms with van der Waals surface area (Å²) in [5, 5.41) is 12.8. The molecule has 0 bridgehead atoms. The molecule has 0 aromatic rings.